The maximum atomic E-state index is 13.1. The second-order valence-electron chi connectivity index (χ2n) is 10.7. The molecule has 0 spiro atoms. The minimum absolute atomic E-state index is 0.0963. The van der Waals surface area contributed by atoms with E-state index in [0.29, 0.717) is 54.0 Å². The summed E-state index contributed by atoms with van der Waals surface area (Å²) >= 11 is 0.702. The number of anilines is 1. The van der Waals surface area contributed by atoms with Gasteiger partial charge in [-0.2, -0.15) is 5.26 Å². The van der Waals surface area contributed by atoms with Crippen molar-refractivity contribution in [2.24, 2.45) is 5.41 Å². The van der Waals surface area contributed by atoms with Crippen LogP contribution < -0.4 is 10.6 Å². The lowest BCUT2D eigenvalue weighted by Gasteiger charge is -2.25. The van der Waals surface area contributed by atoms with Gasteiger partial charge in [0.15, 0.2) is 0 Å². The number of imidazole rings is 1. The number of carbonyl (C=O) groups is 3. The van der Waals surface area contributed by atoms with Gasteiger partial charge >= 0.3 is 0 Å². The molecule has 3 heterocycles. The summed E-state index contributed by atoms with van der Waals surface area (Å²) in [5.41, 5.74) is 1.40. The van der Waals surface area contributed by atoms with E-state index in [9.17, 15) is 23.2 Å². The van der Waals surface area contributed by atoms with Crippen LogP contribution in [0.4, 0.5) is 14.7 Å². The minimum atomic E-state index is -2.68. The van der Waals surface area contributed by atoms with Gasteiger partial charge in [0.05, 0.1) is 26.9 Å². The third-order valence-electron chi connectivity index (χ3n) is 6.40. The largest absolute Gasteiger partial charge is 0.352 e. The molecule has 1 aromatic carbocycles. The molecule has 39 heavy (non-hydrogen) atoms. The van der Waals surface area contributed by atoms with Crippen LogP contribution >= 0.6 is 11.3 Å². The Morgan fingerprint density at radius 1 is 1.21 bits per heavy atom. The third-order valence-corrected chi connectivity index (χ3v) is 7.49. The lowest BCUT2D eigenvalue weighted by atomic mass is 9.97. The zero-order valence-corrected chi connectivity index (χ0v) is 22.8. The zero-order chi connectivity index (χ0) is 28.3. The number of nitriles is 1. The molecule has 206 valence electrons. The van der Waals surface area contributed by atoms with E-state index < -0.39 is 12.3 Å². The van der Waals surface area contributed by atoms with Crippen LogP contribution in [0.5, 0.6) is 0 Å². The van der Waals surface area contributed by atoms with Crippen LogP contribution in [0.1, 0.15) is 71.4 Å². The number of carbonyl (C=O) groups excluding carboxylic acids is 3. The van der Waals surface area contributed by atoms with Crippen LogP contribution in [0, 0.1) is 16.7 Å². The Hall–Kier alpha value is -3.85. The molecule has 1 aliphatic heterocycles. The molecule has 1 saturated heterocycles. The lowest BCUT2D eigenvalue weighted by molar-refractivity contribution is -0.131. The quantitative estimate of drug-likeness (QED) is 0.406. The molecule has 3 aromatic rings. The monoisotopic (exact) mass is 556 g/mol. The van der Waals surface area contributed by atoms with Crippen molar-refractivity contribution in [3.63, 3.8) is 0 Å². The predicted molar refractivity (Wildman–Crippen MR) is 144 cm³/mol. The fraction of sp³-hybridized carbons (Fsp3) is 0.444. The van der Waals surface area contributed by atoms with Gasteiger partial charge in [0.1, 0.15) is 6.42 Å². The minimum Gasteiger partial charge on any atom is -0.352 e. The number of amides is 3. The summed E-state index contributed by atoms with van der Waals surface area (Å²) in [6.07, 6.45) is -1.41. The van der Waals surface area contributed by atoms with Crippen molar-refractivity contribution in [3.8, 4) is 6.07 Å². The smallest absolute Gasteiger partial charge is 0.272 e. The van der Waals surface area contributed by atoms with Gasteiger partial charge in [0.2, 0.25) is 11.9 Å². The van der Waals surface area contributed by atoms with Gasteiger partial charge < -0.3 is 14.8 Å². The van der Waals surface area contributed by atoms with Gasteiger partial charge in [-0.25, -0.2) is 13.8 Å². The molecule has 1 unspecified atom stereocenters. The van der Waals surface area contributed by atoms with Crippen LogP contribution in [0.15, 0.2) is 30.3 Å². The van der Waals surface area contributed by atoms with Gasteiger partial charge in [-0.15, -0.1) is 11.3 Å². The molecule has 1 atom stereocenters. The Bertz CT molecular complexity index is 1440. The molecule has 2 N–H and O–H groups in total. The number of nitrogens with zero attached hydrogens (tertiary/aromatic N) is 4. The first kappa shape index (κ1) is 28.2. The van der Waals surface area contributed by atoms with Crippen molar-refractivity contribution in [2.45, 2.75) is 59.0 Å². The molecule has 0 aliphatic carbocycles. The summed E-state index contributed by atoms with van der Waals surface area (Å²) in [6.45, 7) is 7.35. The van der Waals surface area contributed by atoms with Crippen LogP contribution in [-0.2, 0) is 11.3 Å². The molecule has 1 fully saturated rings. The topological polar surface area (TPSA) is 120 Å². The molecule has 0 radical (unpaired) electrons. The highest BCUT2D eigenvalue weighted by Crippen LogP contribution is 2.29. The van der Waals surface area contributed by atoms with Crippen LogP contribution in [0.2, 0.25) is 0 Å². The normalized spacial score (nSPS) is 15.5. The molecule has 0 bridgehead atoms. The van der Waals surface area contributed by atoms with E-state index in [1.807, 2.05) is 26.8 Å². The number of fused-ring (bicyclic) bond motifs is 1. The van der Waals surface area contributed by atoms with Crippen molar-refractivity contribution < 1.29 is 23.2 Å². The number of rotatable bonds is 8. The van der Waals surface area contributed by atoms with Gasteiger partial charge in [-0.3, -0.25) is 19.7 Å². The highest BCUT2D eigenvalue weighted by molar-refractivity contribution is 7.14. The van der Waals surface area contributed by atoms with Gasteiger partial charge in [-0.05, 0) is 48.6 Å². The highest BCUT2D eigenvalue weighted by Gasteiger charge is 2.30. The Morgan fingerprint density at radius 3 is 2.64 bits per heavy atom. The molecule has 0 saturated carbocycles. The van der Waals surface area contributed by atoms with E-state index in [4.69, 9.17) is 5.26 Å². The van der Waals surface area contributed by atoms with Gasteiger partial charge in [0, 0.05) is 31.2 Å². The summed E-state index contributed by atoms with van der Waals surface area (Å²) in [5.74, 6) is -0.927. The first-order chi connectivity index (χ1) is 18.5. The SMILES string of the molecule is CC(C)(C)CNC(=O)c1ccc2c(c1)nc(NC(=O)c1ccc(C(F)F)s1)n2CC1CCCN1C(=O)CC#N. The molecular weight excluding hydrogens is 526 g/mol. The van der Waals surface area contributed by atoms with Crippen molar-refractivity contribution in [1.29, 1.82) is 5.26 Å². The Labute approximate surface area is 228 Å². The number of halogens is 2. The Morgan fingerprint density at radius 2 is 1.97 bits per heavy atom. The second kappa shape index (κ2) is 11.5. The number of alkyl halides is 2. The zero-order valence-electron chi connectivity index (χ0n) is 22.0. The van der Waals surface area contributed by atoms with E-state index >= 15 is 0 Å². The van der Waals surface area contributed by atoms with E-state index in [1.165, 1.54) is 12.1 Å². The summed E-state index contributed by atoms with van der Waals surface area (Å²) in [4.78, 5) is 44.4. The standard InChI is InChI=1S/C27H30F2N6O3S/c1-27(2,3)15-31-24(37)16-6-7-19-18(13-16)32-26(33-25(38)21-9-8-20(39-21)23(28)29)35(19)14-17-5-4-12-34(17)22(36)10-11-30/h6-9,13,17,23H,4-5,10,12,14-15H2,1-3H3,(H,31,37)(H,32,33,38). The molecule has 4 rings (SSSR count). The van der Waals surface area contributed by atoms with Crippen molar-refractivity contribution in [3.05, 3.63) is 45.6 Å². The van der Waals surface area contributed by atoms with Crippen LogP contribution in [0.3, 0.4) is 0 Å². The number of benzene rings is 1. The first-order valence-corrected chi connectivity index (χ1v) is 13.4. The van der Waals surface area contributed by atoms with Gasteiger partial charge in [-0.1, -0.05) is 20.8 Å². The van der Waals surface area contributed by atoms with E-state index in [0.717, 1.165) is 6.42 Å². The van der Waals surface area contributed by atoms with Crippen molar-refractivity contribution in [1.82, 2.24) is 19.8 Å². The number of hydrogen-bond donors (Lipinski definition) is 2. The maximum Gasteiger partial charge on any atom is 0.272 e. The Balaban J connectivity index is 1.67. The summed E-state index contributed by atoms with van der Waals surface area (Å²) in [5, 5.41) is 14.6. The average molecular weight is 557 g/mol. The molecule has 2 aromatic heterocycles. The molecule has 1 aliphatic rings. The highest BCUT2D eigenvalue weighted by atomic mass is 32.1. The lowest BCUT2D eigenvalue weighted by Crippen LogP contribution is -2.38. The van der Waals surface area contributed by atoms with E-state index in [-0.39, 0.29) is 45.4 Å². The third kappa shape index (κ3) is 6.60. The van der Waals surface area contributed by atoms with E-state index in [1.54, 1.807) is 27.7 Å². The Kier molecular flexibility index (Phi) is 8.30. The second-order valence-corrected chi connectivity index (χ2v) is 11.8. The van der Waals surface area contributed by atoms with Crippen LogP contribution in [-0.4, -0.2) is 51.3 Å². The average Bonchev–Trinajstić information content (AvgIpc) is 3.61. The summed E-state index contributed by atoms with van der Waals surface area (Å²) in [6, 6.07) is 9.27. The van der Waals surface area contributed by atoms with Crippen molar-refractivity contribution in [2.75, 3.05) is 18.4 Å². The predicted octanol–water partition coefficient (Wildman–Crippen LogP) is 4.97. The number of likely N-dealkylation sites (tertiary alicyclic amines) is 1. The number of nitrogens with one attached hydrogen (secondary N) is 2. The molecular formula is C27H30F2N6O3S. The first-order valence-electron chi connectivity index (χ1n) is 12.6. The number of thiophene rings is 1. The summed E-state index contributed by atoms with van der Waals surface area (Å²) in [7, 11) is 0. The molecule has 9 nitrogen and oxygen atoms in total. The number of aromatic nitrogens is 2. The fourth-order valence-corrected chi connectivity index (χ4v) is 5.25. The molecule has 3 amide bonds. The summed E-state index contributed by atoms with van der Waals surface area (Å²) < 4.78 is 27.9. The van der Waals surface area contributed by atoms with Crippen molar-refractivity contribution >= 4 is 46.0 Å². The maximum absolute atomic E-state index is 13.1. The molecule has 12 heteroatoms. The fourth-order valence-electron chi connectivity index (χ4n) is 4.49. The van der Waals surface area contributed by atoms with Gasteiger partial charge in [0.25, 0.3) is 18.2 Å². The number of hydrogen-bond acceptors (Lipinski definition) is 6. The van der Waals surface area contributed by atoms with E-state index in [2.05, 4.69) is 15.6 Å². The van der Waals surface area contributed by atoms with Crippen LogP contribution in [0.25, 0.3) is 11.0 Å².